The molecule has 0 bridgehead atoms. The van der Waals surface area contributed by atoms with E-state index in [9.17, 15) is 0 Å². The largest absolute Gasteiger partial charge is 0.488 e. The molecule has 0 amide bonds. The van der Waals surface area contributed by atoms with Crippen molar-refractivity contribution in [3.63, 3.8) is 0 Å². The van der Waals surface area contributed by atoms with E-state index in [4.69, 9.17) is 64.4 Å². The molecule has 12 rings (SSSR count). The van der Waals surface area contributed by atoms with Crippen molar-refractivity contribution in [2.24, 2.45) is 32.3 Å². The lowest BCUT2D eigenvalue weighted by Gasteiger charge is -2.40. The Bertz CT molecular complexity index is 2980. The molecule has 360 valence electrons. The molecule has 2 heterocycles. The molecule has 4 spiro atoms. The van der Waals surface area contributed by atoms with Crippen LogP contribution in [0, 0.1) is 24.7 Å². The molecule has 6 aromatic rings. The zero-order valence-corrected chi connectivity index (χ0v) is 43.1. The Labute approximate surface area is 429 Å². The van der Waals surface area contributed by atoms with Crippen molar-refractivity contribution in [3.05, 3.63) is 191 Å². The van der Waals surface area contributed by atoms with E-state index in [1.807, 2.05) is 33.2 Å². The number of aliphatic imine (C=N–C) groups is 2. The molecule has 2 aliphatic heterocycles. The number of nitrogens with two attached hydrogens (primary N) is 2. The third kappa shape index (κ3) is 8.63. The highest BCUT2D eigenvalue weighted by molar-refractivity contribution is 9.10. The average Bonchev–Trinajstić information content (AvgIpc) is 3.87. The Morgan fingerprint density at radius 2 is 1.00 bits per heavy atom. The summed E-state index contributed by atoms with van der Waals surface area (Å²) in [5.74, 6) is 0.895. The van der Waals surface area contributed by atoms with Gasteiger partial charge in [0.1, 0.15) is 0 Å². The molecular formula is C56H58BBrCl2N6O4. The Kier molecular flexibility index (Phi) is 13.0. The zero-order chi connectivity index (χ0) is 49.2. The first kappa shape index (κ1) is 48.5. The van der Waals surface area contributed by atoms with Crippen molar-refractivity contribution in [1.29, 1.82) is 0 Å². The second kappa shape index (κ2) is 18.8. The first-order valence-electron chi connectivity index (χ1n) is 24.0. The van der Waals surface area contributed by atoms with E-state index >= 15 is 0 Å². The summed E-state index contributed by atoms with van der Waals surface area (Å²) in [7, 11) is 2.27. The van der Waals surface area contributed by atoms with Crippen molar-refractivity contribution in [1.82, 2.24) is 10.1 Å². The number of hydroxylamine groups is 4. The summed E-state index contributed by atoms with van der Waals surface area (Å²) in [4.78, 5) is 23.1. The predicted octanol–water partition coefficient (Wildman–Crippen LogP) is 10.0. The van der Waals surface area contributed by atoms with Gasteiger partial charge in [-0.3, -0.25) is 0 Å². The van der Waals surface area contributed by atoms with E-state index in [-0.39, 0.29) is 10.8 Å². The van der Waals surface area contributed by atoms with Gasteiger partial charge in [-0.2, -0.15) is 0 Å². The minimum atomic E-state index is -1.44. The van der Waals surface area contributed by atoms with Gasteiger partial charge in [-0.1, -0.05) is 118 Å². The van der Waals surface area contributed by atoms with Crippen LogP contribution in [0.5, 0.6) is 0 Å². The summed E-state index contributed by atoms with van der Waals surface area (Å²) < 4.78 is 1.05. The van der Waals surface area contributed by atoms with Gasteiger partial charge in [0.15, 0.2) is 0 Å². The molecule has 14 heteroatoms. The van der Waals surface area contributed by atoms with Gasteiger partial charge >= 0.3 is 7.12 Å². The zero-order valence-electron chi connectivity index (χ0n) is 40.0. The number of benzene rings is 6. The summed E-state index contributed by atoms with van der Waals surface area (Å²) >= 11 is 15.7. The smallest absolute Gasteiger partial charge is 0.423 e. The molecule has 0 saturated heterocycles. The van der Waals surface area contributed by atoms with Crippen molar-refractivity contribution >= 4 is 63.6 Å². The summed E-state index contributed by atoms with van der Waals surface area (Å²) in [6.07, 6.45) is 10.2. The number of hydrogen-bond donors (Lipinski definition) is 4. The van der Waals surface area contributed by atoms with E-state index in [0.717, 1.165) is 107 Å². The monoisotopic (exact) mass is 1040 g/mol. The van der Waals surface area contributed by atoms with Gasteiger partial charge in [-0.25, -0.2) is 29.8 Å². The van der Waals surface area contributed by atoms with Crippen LogP contribution in [-0.4, -0.2) is 53.3 Å². The quantitative estimate of drug-likeness (QED) is 0.126. The minimum absolute atomic E-state index is 0.0788. The highest BCUT2D eigenvalue weighted by Crippen LogP contribution is 2.62. The lowest BCUT2D eigenvalue weighted by molar-refractivity contribution is -0.224. The normalized spacial score (nSPS) is 22.0. The van der Waals surface area contributed by atoms with Gasteiger partial charge in [0.2, 0.25) is 23.4 Å². The molecule has 10 nitrogen and oxygen atoms in total. The number of nitrogens with zero attached hydrogens (tertiary/aromatic N) is 4. The van der Waals surface area contributed by atoms with Crippen LogP contribution in [0.25, 0.3) is 11.1 Å². The molecular weight excluding hydrogens is 982 g/mol. The van der Waals surface area contributed by atoms with E-state index in [2.05, 4.69) is 114 Å². The summed E-state index contributed by atoms with van der Waals surface area (Å²) in [5.41, 5.74) is 26.2. The van der Waals surface area contributed by atoms with Crippen molar-refractivity contribution in [2.75, 3.05) is 14.1 Å². The van der Waals surface area contributed by atoms with E-state index in [1.165, 1.54) is 39.4 Å². The molecule has 6 aliphatic rings. The third-order valence-electron chi connectivity index (χ3n) is 15.6. The van der Waals surface area contributed by atoms with Crippen LogP contribution in [0.15, 0.2) is 136 Å². The number of halogens is 3. The second-order valence-electron chi connectivity index (χ2n) is 20.0. The van der Waals surface area contributed by atoms with E-state index in [0.29, 0.717) is 22.4 Å². The van der Waals surface area contributed by atoms with Crippen LogP contribution in [-0.2, 0) is 59.7 Å². The molecule has 6 N–H and O–H groups in total. The highest BCUT2D eigenvalue weighted by atomic mass is 79.9. The molecule has 0 fully saturated rings. The Morgan fingerprint density at radius 1 is 0.557 bits per heavy atom. The maximum absolute atomic E-state index is 8.77. The number of rotatable bonds is 2. The number of aryl methyl sites for hydroxylation is 6. The van der Waals surface area contributed by atoms with Crippen molar-refractivity contribution in [2.45, 2.75) is 89.5 Å². The standard InChI is InChI=1S/C28H28ClN3O.C21H22BrN3O.C7H8BClO2/c1-18-13-23(15-24(29)14-18)21-7-8-22-17-27(11-9-19-5-3-4-6-20(19)10-12-27)28(25(22)16-21)31-26(30)32(2)33-28;1-25-19(23)24-21(26-25)18-12-17(22)7-6-16(18)13-20(21)10-8-14-4-2-3-5-15(14)9-11-20;1-5-2-6(8(10)11)4-7(9)3-5/h3-8,13-16H,9-12,17H2,1-2H3,(H2,30,31);2-7,12H,8-11,13H2,1H3,(H2,23,24);2-4,10-11H,1H3. The molecule has 4 aliphatic carbocycles. The maximum Gasteiger partial charge on any atom is 0.488 e. The number of fused-ring (bicyclic) bond motifs is 8. The summed E-state index contributed by atoms with van der Waals surface area (Å²) in [6.45, 7) is 3.92. The fourth-order valence-corrected chi connectivity index (χ4v) is 13.1. The van der Waals surface area contributed by atoms with Crippen LogP contribution < -0.4 is 16.9 Å². The van der Waals surface area contributed by atoms with Gasteiger partial charge in [0.05, 0.1) is 0 Å². The highest BCUT2D eigenvalue weighted by Gasteiger charge is 2.64. The number of guanidine groups is 2. The third-order valence-corrected chi connectivity index (χ3v) is 16.5. The van der Waals surface area contributed by atoms with Crippen LogP contribution in [0.2, 0.25) is 10.0 Å². The fourth-order valence-electron chi connectivity index (χ4n) is 12.1. The Morgan fingerprint density at radius 3 is 1.43 bits per heavy atom. The van der Waals surface area contributed by atoms with Crippen molar-refractivity contribution in [3.8, 4) is 11.1 Å². The summed E-state index contributed by atoms with van der Waals surface area (Å²) in [5, 5.41) is 22.1. The second-order valence-corrected chi connectivity index (χ2v) is 21.8. The fraction of sp³-hybridized carbons (Fsp3) is 0.321. The lowest BCUT2D eigenvalue weighted by Crippen LogP contribution is -2.43. The molecule has 0 aromatic heterocycles. The molecule has 0 saturated carbocycles. The molecule has 2 unspecified atom stereocenters. The topological polar surface area (TPSA) is 142 Å². The van der Waals surface area contributed by atoms with Gasteiger partial charge in [-0.15, -0.1) is 0 Å². The molecule has 2 atom stereocenters. The predicted molar refractivity (Wildman–Crippen MR) is 285 cm³/mol. The van der Waals surface area contributed by atoms with Crippen LogP contribution in [0.3, 0.4) is 0 Å². The first-order chi connectivity index (χ1) is 33.5. The van der Waals surface area contributed by atoms with Crippen LogP contribution in [0.4, 0.5) is 0 Å². The van der Waals surface area contributed by atoms with Gasteiger partial charge < -0.3 is 21.5 Å². The SMILES string of the molecule is CN1OC2(N=C1N)c1cc(Br)ccc1CC21CCc2ccccc2CC1.Cc1cc(Cl)cc(-c2ccc3c(c2)C2(N=C(N)N(C)O2)C2(CCc4ccccc4CC2)C3)c1.Cc1cc(Cl)cc(B(O)O)c1. The average molecular weight is 1040 g/mol. The maximum atomic E-state index is 8.77. The van der Waals surface area contributed by atoms with Crippen molar-refractivity contribution < 1.29 is 19.7 Å². The van der Waals surface area contributed by atoms with Gasteiger partial charge in [0, 0.05) is 50.6 Å². The van der Waals surface area contributed by atoms with E-state index in [1.54, 1.807) is 22.3 Å². The van der Waals surface area contributed by atoms with Crippen LogP contribution in [0.1, 0.15) is 81.3 Å². The molecule has 70 heavy (non-hydrogen) atoms. The van der Waals surface area contributed by atoms with Gasteiger partial charge in [-0.05, 0) is 182 Å². The first-order valence-corrected chi connectivity index (χ1v) is 25.6. The summed E-state index contributed by atoms with van der Waals surface area (Å²) in [6, 6.07) is 42.0. The molecule has 0 radical (unpaired) electrons. The van der Waals surface area contributed by atoms with E-state index < -0.39 is 18.6 Å². The Balaban J connectivity index is 0.000000136. The minimum Gasteiger partial charge on any atom is -0.423 e. The van der Waals surface area contributed by atoms with Crippen LogP contribution >= 0.6 is 39.1 Å². The lowest BCUT2D eigenvalue weighted by atomic mass is 9.71. The number of hydrogen-bond acceptors (Lipinski definition) is 10. The van der Waals surface area contributed by atoms with Gasteiger partial charge in [0.25, 0.3) is 0 Å². The molecule has 6 aromatic carbocycles. The Hall–Kier alpha value is -5.18.